The lowest BCUT2D eigenvalue weighted by molar-refractivity contribution is -0.384. The van der Waals surface area contributed by atoms with Gasteiger partial charge in [-0.05, 0) is 22.0 Å². The number of nitro groups is 1. The first-order chi connectivity index (χ1) is 8.16. The summed E-state index contributed by atoms with van der Waals surface area (Å²) in [7, 11) is 0. The fourth-order valence-electron chi connectivity index (χ4n) is 1.57. The molecular formula is C9H4BrN5O2. The van der Waals surface area contributed by atoms with E-state index < -0.39 is 4.92 Å². The Morgan fingerprint density at radius 2 is 2.18 bits per heavy atom. The normalized spacial score (nSPS) is 11.1. The molecule has 0 unspecified atom stereocenters. The lowest BCUT2D eigenvalue weighted by Crippen LogP contribution is -1.97. The summed E-state index contributed by atoms with van der Waals surface area (Å²) in [5.74, 6) is 0. The Kier molecular flexibility index (Phi) is 2.05. The van der Waals surface area contributed by atoms with Crippen LogP contribution in [0.4, 0.5) is 5.69 Å². The first-order valence-electron chi connectivity index (χ1n) is 4.61. The van der Waals surface area contributed by atoms with E-state index in [0.717, 1.165) is 4.47 Å². The maximum Gasteiger partial charge on any atom is 0.271 e. The molecule has 0 atom stereocenters. The number of benzene rings is 1. The molecule has 7 nitrogen and oxygen atoms in total. The average molecular weight is 294 g/mol. The van der Waals surface area contributed by atoms with Crippen molar-refractivity contribution in [2.24, 2.45) is 0 Å². The van der Waals surface area contributed by atoms with Gasteiger partial charge < -0.3 is 0 Å². The third-order valence-electron chi connectivity index (χ3n) is 2.35. The Bertz CT molecular complexity index is 754. The second kappa shape index (κ2) is 3.45. The molecule has 1 aromatic carbocycles. The highest BCUT2D eigenvalue weighted by Crippen LogP contribution is 2.22. The fourth-order valence-corrected chi connectivity index (χ4v) is 1.91. The molecular weight excluding hydrogens is 290 g/mol. The number of nitrogens with zero attached hydrogens (tertiary/aromatic N) is 5. The third kappa shape index (κ3) is 1.45. The molecule has 8 heteroatoms. The van der Waals surface area contributed by atoms with Gasteiger partial charge in [0.1, 0.15) is 5.52 Å². The molecule has 17 heavy (non-hydrogen) atoms. The van der Waals surface area contributed by atoms with Gasteiger partial charge in [0, 0.05) is 12.1 Å². The monoisotopic (exact) mass is 293 g/mol. The number of hydrogen-bond acceptors (Lipinski definition) is 5. The summed E-state index contributed by atoms with van der Waals surface area (Å²) in [6.45, 7) is 0. The van der Waals surface area contributed by atoms with Crippen LogP contribution in [0.25, 0.3) is 16.7 Å². The Hall–Kier alpha value is -2.09. The number of hydrogen-bond donors (Lipinski definition) is 0. The lowest BCUT2D eigenvalue weighted by atomic mass is 10.3. The van der Waals surface area contributed by atoms with Crippen molar-refractivity contribution in [3.63, 3.8) is 0 Å². The van der Waals surface area contributed by atoms with Crippen molar-refractivity contribution in [2.75, 3.05) is 0 Å². The average Bonchev–Trinajstić information content (AvgIpc) is 2.70. The van der Waals surface area contributed by atoms with E-state index in [1.807, 2.05) is 0 Å². The molecule has 0 amide bonds. The molecule has 0 aliphatic rings. The minimum Gasteiger partial charge on any atom is -0.258 e. The van der Waals surface area contributed by atoms with E-state index in [0.29, 0.717) is 16.7 Å². The standard InChI is InChI=1S/C9H4BrN5O2/c10-6-4-11-14-8-2-1-5(15(16)17)3-7(8)12-13-9(6)14/h1-4H. The Labute approximate surface area is 102 Å². The maximum absolute atomic E-state index is 10.6. The van der Waals surface area contributed by atoms with E-state index in [2.05, 4.69) is 31.2 Å². The zero-order valence-corrected chi connectivity index (χ0v) is 9.83. The van der Waals surface area contributed by atoms with Crippen LogP contribution in [0.1, 0.15) is 0 Å². The van der Waals surface area contributed by atoms with E-state index >= 15 is 0 Å². The van der Waals surface area contributed by atoms with Crippen molar-refractivity contribution in [1.29, 1.82) is 0 Å². The fraction of sp³-hybridized carbons (Fsp3) is 0. The molecule has 0 bridgehead atoms. The van der Waals surface area contributed by atoms with E-state index in [1.165, 1.54) is 12.1 Å². The van der Waals surface area contributed by atoms with Gasteiger partial charge in [0.2, 0.25) is 0 Å². The number of rotatable bonds is 1. The molecule has 2 aromatic heterocycles. The molecule has 0 saturated carbocycles. The molecule has 0 aliphatic carbocycles. The summed E-state index contributed by atoms with van der Waals surface area (Å²) >= 11 is 3.30. The van der Waals surface area contributed by atoms with Crippen LogP contribution in [0.2, 0.25) is 0 Å². The summed E-state index contributed by atoms with van der Waals surface area (Å²) in [4.78, 5) is 10.2. The van der Waals surface area contributed by atoms with Crippen LogP contribution in [0.5, 0.6) is 0 Å². The first-order valence-corrected chi connectivity index (χ1v) is 5.40. The van der Waals surface area contributed by atoms with Gasteiger partial charge >= 0.3 is 0 Å². The summed E-state index contributed by atoms with van der Waals surface area (Å²) in [6, 6.07) is 4.39. The smallest absolute Gasteiger partial charge is 0.258 e. The van der Waals surface area contributed by atoms with Crippen LogP contribution in [0.3, 0.4) is 0 Å². The second-order valence-electron chi connectivity index (χ2n) is 3.36. The van der Waals surface area contributed by atoms with Crippen LogP contribution in [0, 0.1) is 10.1 Å². The topological polar surface area (TPSA) is 86.2 Å². The van der Waals surface area contributed by atoms with E-state index in [1.54, 1.807) is 16.8 Å². The van der Waals surface area contributed by atoms with Crippen LogP contribution >= 0.6 is 15.9 Å². The van der Waals surface area contributed by atoms with Crippen LogP contribution in [-0.2, 0) is 0 Å². The van der Waals surface area contributed by atoms with Crippen LogP contribution < -0.4 is 0 Å². The van der Waals surface area contributed by atoms with Crippen LogP contribution in [0.15, 0.2) is 28.9 Å². The molecule has 0 radical (unpaired) electrons. The highest BCUT2D eigenvalue weighted by molar-refractivity contribution is 9.10. The van der Waals surface area contributed by atoms with Gasteiger partial charge in [-0.2, -0.15) is 5.10 Å². The number of fused-ring (bicyclic) bond motifs is 3. The lowest BCUT2D eigenvalue weighted by Gasteiger charge is -1.99. The minimum atomic E-state index is -0.468. The predicted octanol–water partition coefficient (Wildman–Crippen LogP) is 1.95. The SMILES string of the molecule is O=[N+]([O-])c1ccc2c(c1)nnc1c(Br)cnn12. The molecule has 0 saturated heterocycles. The molecule has 0 fully saturated rings. The van der Waals surface area contributed by atoms with Gasteiger partial charge in [0.15, 0.2) is 5.65 Å². The largest absolute Gasteiger partial charge is 0.271 e. The molecule has 0 spiro atoms. The molecule has 3 rings (SSSR count). The molecule has 3 aromatic rings. The predicted molar refractivity (Wildman–Crippen MR) is 62.6 cm³/mol. The maximum atomic E-state index is 10.6. The number of aromatic nitrogens is 4. The molecule has 0 N–H and O–H groups in total. The molecule has 0 aliphatic heterocycles. The van der Waals surface area contributed by atoms with Crippen molar-refractivity contribution in [3.8, 4) is 0 Å². The zero-order chi connectivity index (χ0) is 12.0. The van der Waals surface area contributed by atoms with Gasteiger partial charge in [0.25, 0.3) is 5.69 Å². The van der Waals surface area contributed by atoms with Crippen molar-refractivity contribution < 1.29 is 4.92 Å². The number of non-ortho nitro benzene ring substituents is 1. The summed E-state index contributed by atoms with van der Waals surface area (Å²) < 4.78 is 2.31. The summed E-state index contributed by atoms with van der Waals surface area (Å²) in [5.41, 5.74) is 1.66. The van der Waals surface area contributed by atoms with Crippen LogP contribution in [-0.4, -0.2) is 24.7 Å². The highest BCUT2D eigenvalue weighted by atomic mass is 79.9. The zero-order valence-electron chi connectivity index (χ0n) is 8.24. The van der Waals surface area contributed by atoms with Gasteiger partial charge in [-0.25, -0.2) is 4.52 Å². The third-order valence-corrected chi connectivity index (χ3v) is 2.91. The van der Waals surface area contributed by atoms with Crippen molar-refractivity contribution in [3.05, 3.63) is 39.0 Å². The van der Waals surface area contributed by atoms with E-state index in [-0.39, 0.29) is 5.69 Å². The number of nitro benzene ring substituents is 1. The Balaban J connectivity index is 2.41. The highest BCUT2D eigenvalue weighted by Gasteiger charge is 2.11. The molecule has 2 heterocycles. The molecule has 84 valence electrons. The van der Waals surface area contributed by atoms with Crippen molar-refractivity contribution >= 4 is 38.3 Å². The van der Waals surface area contributed by atoms with Gasteiger partial charge in [-0.3, -0.25) is 10.1 Å². The van der Waals surface area contributed by atoms with Crippen molar-refractivity contribution in [1.82, 2.24) is 19.8 Å². The first kappa shape index (κ1) is 10.1. The van der Waals surface area contributed by atoms with E-state index in [9.17, 15) is 10.1 Å². The minimum absolute atomic E-state index is 0.0163. The second-order valence-corrected chi connectivity index (χ2v) is 4.21. The Morgan fingerprint density at radius 1 is 1.35 bits per heavy atom. The van der Waals surface area contributed by atoms with Gasteiger partial charge in [-0.15, -0.1) is 10.2 Å². The van der Waals surface area contributed by atoms with Gasteiger partial charge in [-0.1, -0.05) is 0 Å². The van der Waals surface area contributed by atoms with E-state index in [4.69, 9.17) is 0 Å². The number of halogens is 1. The van der Waals surface area contributed by atoms with Gasteiger partial charge in [0.05, 0.1) is 21.1 Å². The summed E-state index contributed by atoms with van der Waals surface area (Å²) in [6.07, 6.45) is 1.60. The summed E-state index contributed by atoms with van der Waals surface area (Å²) in [5, 5.41) is 22.6. The Morgan fingerprint density at radius 3 is 2.94 bits per heavy atom. The quantitative estimate of drug-likeness (QED) is 0.505. The van der Waals surface area contributed by atoms with Crippen molar-refractivity contribution in [2.45, 2.75) is 0 Å².